The Hall–Kier alpha value is -1.95. The Labute approximate surface area is 82.0 Å². The molecule has 0 heterocycles. The topological polar surface area (TPSA) is 57.5 Å². The SMILES string of the molecule is Cc1cccc(C#CCC(=O)O)c1O. The lowest BCUT2D eigenvalue weighted by atomic mass is 10.1. The summed E-state index contributed by atoms with van der Waals surface area (Å²) < 4.78 is 0. The van der Waals surface area contributed by atoms with E-state index in [9.17, 15) is 9.90 Å². The van der Waals surface area contributed by atoms with Gasteiger partial charge in [0.15, 0.2) is 0 Å². The van der Waals surface area contributed by atoms with Gasteiger partial charge in [0.2, 0.25) is 0 Å². The van der Waals surface area contributed by atoms with Gasteiger partial charge in [-0.3, -0.25) is 4.79 Å². The molecule has 14 heavy (non-hydrogen) atoms. The summed E-state index contributed by atoms with van der Waals surface area (Å²) in [5.41, 5.74) is 1.19. The van der Waals surface area contributed by atoms with E-state index in [4.69, 9.17) is 5.11 Å². The number of aliphatic carboxylic acids is 1. The second-order valence-electron chi connectivity index (χ2n) is 2.84. The third kappa shape index (κ3) is 2.53. The number of phenolic OH excluding ortho intramolecular Hbond substituents is 1. The third-order valence-electron chi connectivity index (χ3n) is 1.70. The lowest BCUT2D eigenvalue weighted by molar-refractivity contribution is -0.135. The van der Waals surface area contributed by atoms with E-state index in [2.05, 4.69) is 11.8 Å². The second-order valence-corrected chi connectivity index (χ2v) is 2.84. The first-order valence-corrected chi connectivity index (χ1v) is 4.10. The highest BCUT2D eigenvalue weighted by atomic mass is 16.4. The first-order valence-electron chi connectivity index (χ1n) is 4.10. The first-order chi connectivity index (χ1) is 6.61. The maximum atomic E-state index is 10.2. The quantitative estimate of drug-likeness (QED) is 0.660. The van der Waals surface area contributed by atoms with E-state index in [0.29, 0.717) is 5.56 Å². The van der Waals surface area contributed by atoms with Crippen LogP contribution in [-0.2, 0) is 4.79 Å². The highest BCUT2D eigenvalue weighted by Gasteiger charge is 1.99. The number of carbonyl (C=O) groups is 1. The van der Waals surface area contributed by atoms with Crippen LogP contribution in [0.25, 0.3) is 0 Å². The zero-order chi connectivity index (χ0) is 10.6. The van der Waals surface area contributed by atoms with Crippen molar-refractivity contribution in [2.24, 2.45) is 0 Å². The molecule has 0 saturated heterocycles. The molecule has 0 aliphatic heterocycles. The van der Waals surface area contributed by atoms with Crippen molar-refractivity contribution in [1.82, 2.24) is 0 Å². The monoisotopic (exact) mass is 190 g/mol. The average molecular weight is 190 g/mol. The molecule has 0 aliphatic rings. The van der Waals surface area contributed by atoms with Crippen LogP contribution in [0.1, 0.15) is 17.5 Å². The van der Waals surface area contributed by atoms with Crippen LogP contribution in [0.15, 0.2) is 18.2 Å². The summed E-state index contributed by atoms with van der Waals surface area (Å²) in [5, 5.41) is 17.9. The predicted molar refractivity (Wildman–Crippen MR) is 52.0 cm³/mol. The Morgan fingerprint density at radius 3 is 2.86 bits per heavy atom. The van der Waals surface area contributed by atoms with E-state index in [0.717, 1.165) is 5.56 Å². The molecular formula is C11H10O3. The van der Waals surface area contributed by atoms with Crippen molar-refractivity contribution in [1.29, 1.82) is 0 Å². The molecule has 1 aromatic carbocycles. The Morgan fingerprint density at radius 2 is 2.21 bits per heavy atom. The maximum absolute atomic E-state index is 10.2. The molecule has 0 spiro atoms. The van der Waals surface area contributed by atoms with Crippen LogP contribution in [0.4, 0.5) is 0 Å². The molecule has 0 saturated carbocycles. The van der Waals surface area contributed by atoms with Gasteiger partial charge >= 0.3 is 5.97 Å². The lowest BCUT2D eigenvalue weighted by Crippen LogP contribution is -1.90. The summed E-state index contributed by atoms with van der Waals surface area (Å²) in [5.74, 6) is 4.21. The number of carboxylic acids is 1. The molecule has 72 valence electrons. The van der Waals surface area contributed by atoms with Gasteiger partial charge in [-0.15, -0.1) is 0 Å². The minimum atomic E-state index is -0.968. The number of para-hydroxylation sites is 1. The van der Waals surface area contributed by atoms with Gasteiger partial charge in [0.25, 0.3) is 0 Å². The summed E-state index contributed by atoms with van der Waals surface area (Å²) >= 11 is 0. The number of phenols is 1. The number of rotatable bonds is 1. The van der Waals surface area contributed by atoms with Crippen LogP contribution in [0, 0.1) is 18.8 Å². The fourth-order valence-corrected chi connectivity index (χ4v) is 0.975. The van der Waals surface area contributed by atoms with Gasteiger partial charge in [-0.05, 0) is 18.6 Å². The largest absolute Gasteiger partial charge is 0.506 e. The van der Waals surface area contributed by atoms with Gasteiger partial charge in [-0.25, -0.2) is 0 Å². The van der Waals surface area contributed by atoms with Gasteiger partial charge in [0, 0.05) is 0 Å². The van der Waals surface area contributed by atoms with Gasteiger partial charge < -0.3 is 10.2 Å². The Kier molecular flexibility index (Phi) is 3.14. The van der Waals surface area contributed by atoms with E-state index < -0.39 is 5.97 Å². The molecule has 0 atom stereocenters. The maximum Gasteiger partial charge on any atom is 0.315 e. The van der Waals surface area contributed by atoms with E-state index >= 15 is 0 Å². The van der Waals surface area contributed by atoms with Crippen molar-refractivity contribution in [2.75, 3.05) is 0 Å². The predicted octanol–water partition coefficient (Wildman–Crippen LogP) is 1.53. The summed E-state index contributed by atoms with van der Waals surface area (Å²) in [6, 6.07) is 5.18. The van der Waals surface area contributed by atoms with Crippen LogP contribution in [0.2, 0.25) is 0 Å². The van der Waals surface area contributed by atoms with Crippen molar-refractivity contribution in [3.8, 4) is 17.6 Å². The molecule has 0 radical (unpaired) electrons. The lowest BCUT2D eigenvalue weighted by Gasteiger charge is -1.99. The van der Waals surface area contributed by atoms with E-state index in [-0.39, 0.29) is 12.2 Å². The van der Waals surface area contributed by atoms with Gasteiger partial charge in [-0.1, -0.05) is 24.0 Å². The normalized spacial score (nSPS) is 8.93. The van der Waals surface area contributed by atoms with Crippen molar-refractivity contribution in [3.05, 3.63) is 29.3 Å². The number of hydrogen-bond acceptors (Lipinski definition) is 2. The molecule has 2 N–H and O–H groups in total. The Morgan fingerprint density at radius 1 is 1.50 bits per heavy atom. The van der Waals surface area contributed by atoms with E-state index in [1.165, 1.54) is 0 Å². The molecule has 0 fully saturated rings. The summed E-state index contributed by atoms with van der Waals surface area (Å²) in [6.07, 6.45) is -0.215. The van der Waals surface area contributed by atoms with Gasteiger partial charge in [-0.2, -0.15) is 0 Å². The van der Waals surface area contributed by atoms with Crippen LogP contribution < -0.4 is 0 Å². The van der Waals surface area contributed by atoms with Crippen molar-refractivity contribution < 1.29 is 15.0 Å². The van der Waals surface area contributed by atoms with Crippen molar-refractivity contribution in [2.45, 2.75) is 13.3 Å². The molecule has 0 unspecified atom stereocenters. The highest BCUT2D eigenvalue weighted by Crippen LogP contribution is 2.19. The minimum absolute atomic E-state index is 0.116. The van der Waals surface area contributed by atoms with Gasteiger partial charge in [0.05, 0.1) is 5.56 Å². The van der Waals surface area contributed by atoms with Crippen LogP contribution >= 0.6 is 0 Å². The van der Waals surface area contributed by atoms with Crippen molar-refractivity contribution >= 4 is 5.97 Å². The summed E-state index contributed by atoms with van der Waals surface area (Å²) in [7, 11) is 0. The number of benzene rings is 1. The minimum Gasteiger partial charge on any atom is -0.506 e. The Bertz CT molecular complexity index is 410. The number of aromatic hydroxyl groups is 1. The first kappa shape index (κ1) is 10.1. The smallest absolute Gasteiger partial charge is 0.315 e. The Balaban J connectivity index is 2.90. The molecule has 1 aromatic rings. The van der Waals surface area contributed by atoms with Crippen molar-refractivity contribution in [3.63, 3.8) is 0 Å². The summed E-state index contributed by atoms with van der Waals surface area (Å²) in [4.78, 5) is 10.2. The molecular weight excluding hydrogens is 180 g/mol. The molecule has 3 heteroatoms. The zero-order valence-corrected chi connectivity index (χ0v) is 7.74. The average Bonchev–Trinajstić information content (AvgIpc) is 2.12. The second kappa shape index (κ2) is 4.33. The fourth-order valence-electron chi connectivity index (χ4n) is 0.975. The standard InChI is InChI=1S/C11H10O3/c1-8-4-2-5-9(11(8)14)6-3-7-10(12)13/h2,4-5,14H,7H2,1H3,(H,12,13). The zero-order valence-electron chi connectivity index (χ0n) is 7.74. The highest BCUT2D eigenvalue weighted by molar-refractivity contribution is 5.70. The summed E-state index contributed by atoms with van der Waals surface area (Å²) in [6.45, 7) is 1.76. The third-order valence-corrected chi connectivity index (χ3v) is 1.70. The number of carboxylic acid groups (broad SMARTS) is 1. The van der Waals surface area contributed by atoms with E-state index in [1.54, 1.807) is 25.1 Å². The van der Waals surface area contributed by atoms with E-state index in [1.807, 2.05) is 0 Å². The molecule has 0 aliphatic carbocycles. The molecule has 1 rings (SSSR count). The molecule has 0 aromatic heterocycles. The number of hydrogen-bond donors (Lipinski definition) is 2. The van der Waals surface area contributed by atoms with Crippen LogP contribution in [0.3, 0.4) is 0 Å². The molecule has 0 amide bonds. The molecule has 3 nitrogen and oxygen atoms in total. The molecule has 0 bridgehead atoms. The number of aryl methyl sites for hydroxylation is 1. The van der Waals surface area contributed by atoms with Gasteiger partial charge in [0.1, 0.15) is 12.2 Å². The fraction of sp³-hybridized carbons (Fsp3) is 0.182. The van der Waals surface area contributed by atoms with Crippen LogP contribution in [-0.4, -0.2) is 16.2 Å². The van der Waals surface area contributed by atoms with Crippen LogP contribution in [0.5, 0.6) is 5.75 Å².